The number of hydrogen-bond donors (Lipinski definition) is 0. The first kappa shape index (κ1) is 19.5. The number of halogens is 2. The van der Waals surface area contributed by atoms with E-state index in [-0.39, 0.29) is 0 Å². The summed E-state index contributed by atoms with van der Waals surface area (Å²) in [6, 6.07) is 7.56. The molecule has 1 aliphatic rings. The Morgan fingerprint density at radius 1 is 1.07 bits per heavy atom. The molecule has 152 valence electrons. The van der Waals surface area contributed by atoms with Crippen molar-refractivity contribution in [2.75, 3.05) is 32.7 Å². The fraction of sp³-hybridized carbons (Fsp3) is 0.364. The first-order valence-corrected chi connectivity index (χ1v) is 9.97. The van der Waals surface area contributed by atoms with E-state index < -0.39 is 23.1 Å². The molecule has 3 aromatic rings. The topological polar surface area (TPSA) is 41.4 Å². The first-order valence-electron chi connectivity index (χ1n) is 9.97. The molecule has 0 aliphatic carbocycles. The maximum absolute atomic E-state index is 13.9. The third-order valence-electron chi connectivity index (χ3n) is 5.59. The Morgan fingerprint density at radius 2 is 1.79 bits per heavy atom. The Balaban J connectivity index is 1.37. The number of aryl methyl sites for hydroxylation is 1. The van der Waals surface area contributed by atoms with Crippen LogP contribution in [0, 0.1) is 11.6 Å². The summed E-state index contributed by atoms with van der Waals surface area (Å²) in [6.07, 6.45) is 4.87. The summed E-state index contributed by atoms with van der Waals surface area (Å²) in [4.78, 5) is 20.8. The van der Waals surface area contributed by atoms with E-state index in [0.29, 0.717) is 26.2 Å². The molecule has 1 aliphatic heterocycles. The van der Waals surface area contributed by atoms with Crippen molar-refractivity contribution in [3.8, 4) is 0 Å². The van der Waals surface area contributed by atoms with Crippen molar-refractivity contribution in [3.05, 3.63) is 65.5 Å². The molecule has 1 amide bonds. The predicted octanol–water partition coefficient (Wildman–Crippen LogP) is 3.33. The Kier molecular flexibility index (Phi) is 5.58. The van der Waals surface area contributed by atoms with Crippen LogP contribution in [0.15, 0.2) is 42.7 Å². The van der Waals surface area contributed by atoms with Crippen molar-refractivity contribution < 1.29 is 13.6 Å². The molecule has 5 nitrogen and oxygen atoms in total. The van der Waals surface area contributed by atoms with Crippen LogP contribution in [0.3, 0.4) is 0 Å². The minimum Gasteiger partial charge on any atom is -0.336 e. The zero-order valence-electron chi connectivity index (χ0n) is 16.4. The number of fused-ring (bicyclic) bond motifs is 1. The van der Waals surface area contributed by atoms with Gasteiger partial charge in [0, 0.05) is 57.0 Å². The van der Waals surface area contributed by atoms with E-state index in [1.54, 1.807) is 0 Å². The summed E-state index contributed by atoms with van der Waals surface area (Å²) in [5.74, 6) is -2.19. The molecule has 1 saturated heterocycles. The van der Waals surface area contributed by atoms with E-state index in [0.717, 1.165) is 37.3 Å². The monoisotopic (exact) mass is 398 g/mol. The Hall–Kier alpha value is -2.80. The lowest BCUT2D eigenvalue weighted by molar-refractivity contribution is 0.0629. The van der Waals surface area contributed by atoms with E-state index in [9.17, 15) is 13.6 Å². The first-order chi connectivity index (χ1) is 14.1. The van der Waals surface area contributed by atoms with Crippen LogP contribution in [-0.4, -0.2) is 58.0 Å². The van der Waals surface area contributed by atoms with Gasteiger partial charge in [0.05, 0.1) is 0 Å². The Bertz CT molecular complexity index is 1000. The molecule has 0 radical (unpaired) electrons. The van der Waals surface area contributed by atoms with Crippen molar-refractivity contribution in [1.29, 1.82) is 0 Å². The van der Waals surface area contributed by atoms with Gasteiger partial charge in [-0.05, 0) is 43.2 Å². The van der Waals surface area contributed by atoms with E-state index in [1.165, 1.54) is 21.9 Å². The quantitative estimate of drug-likeness (QED) is 0.662. The number of hydrogen-bond acceptors (Lipinski definition) is 3. The van der Waals surface area contributed by atoms with E-state index in [1.807, 2.05) is 12.3 Å². The molecule has 1 fully saturated rings. The predicted molar refractivity (Wildman–Crippen MR) is 108 cm³/mol. The van der Waals surface area contributed by atoms with Gasteiger partial charge in [-0.15, -0.1) is 0 Å². The lowest BCUT2D eigenvalue weighted by atomic mass is 10.1. The normalized spacial score (nSPS) is 15.2. The molecule has 0 saturated carbocycles. The van der Waals surface area contributed by atoms with Gasteiger partial charge in [-0.3, -0.25) is 9.69 Å². The van der Waals surface area contributed by atoms with Crippen molar-refractivity contribution in [1.82, 2.24) is 19.4 Å². The van der Waals surface area contributed by atoms with Crippen molar-refractivity contribution in [2.24, 2.45) is 0 Å². The van der Waals surface area contributed by atoms with Gasteiger partial charge in [0.2, 0.25) is 0 Å². The number of amides is 1. The van der Waals surface area contributed by atoms with Gasteiger partial charge in [-0.2, -0.15) is 0 Å². The molecule has 0 unspecified atom stereocenters. The van der Waals surface area contributed by atoms with Gasteiger partial charge in [0.15, 0.2) is 0 Å². The van der Waals surface area contributed by atoms with Crippen molar-refractivity contribution >= 4 is 16.9 Å². The molecule has 29 heavy (non-hydrogen) atoms. The molecular formula is C22H24F2N4O. The summed E-state index contributed by atoms with van der Waals surface area (Å²) in [5.41, 5.74) is 1.81. The lowest BCUT2D eigenvalue weighted by Gasteiger charge is -2.34. The van der Waals surface area contributed by atoms with Gasteiger partial charge < -0.3 is 9.47 Å². The van der Waals surface area contributed by atoms with Gasteiger partial charge in [-0.1, -0.05) is 6.07 Å². The van der Waals surface area contributed by atoms with Crippen LogP contribution in [0.5, 0.6) is 0 Å². The fourth-order valence-corrected chi connectivity index (χ4v) is 3.95. The molecule has 0 spiro atoms. The summed E-state index contributed by atoms with van der Waals surface area (Å²) in [5, 5.41) is 1.18. The number of aromatic nitrogens is 2. The summed E-state index contributed by atoms with van der Waals surface area (Å²) in [7, 11) is 0. The molecule has 3 heterocycles. The summed E-state index contributed by atoms with van der Waals surface area (Å²) < 4.78 is 29.9. The number of nitrogens with zero attached hydrogens (tertiary/aromatic N) is 4. The van der Waals surface area contributed by atoms with E-state index in [4.69, 9.17) is 0 Å². The highest BCUT2D eigenvalue weighted by molar-refractivity contribution is 5.94. The molecule has 7 heteroatoms. The maximum Gasteiger partial charge on any atom is 0.259 e. The molecule has 0 bridgehead atoms. The lowest BCUT2D eigenvalue weighted by Crippen LogP contribution is -2.49. The molecule has 0 atom stereocenters. The number of benzene rings is 1. The van der Waals surface area contributed by atoms with Crippen LogP contribution in [0.25, 0.3) is 11.0 Å². The van der Waals surface area contributed by atoms with Crippen LogP contribution < -0.4 is 0 Å². The number of carbonyl (C=O) groups is 1. The van der Waals surface area contributed by atoms with Crippen molar-refractivity contribution in [2.45, 2.75) is 19.9 Å². The number of rotatable bonds is 5. The second kappa shape index (κ2) is 8.29. The number of pyridine rings is 1. The van der Waals surface area contributed by atoms with Gasteiger partial charge >= 0.3 is 0 Å². The maximum atomic E-state index is 13.9. The van der Waals surface area contributed by atoms with Crippen LogP contribution in [0.1, 0.15) is 22.8 Å². The van der Waals surface area contributed by atoms with Crippen LogP contribution >= 0.6 is 0 Å². The summed E-state index contributed by atoms with van der Waals surface area (Å²) >= 11 is 0. The third-order valence-corrected chi connectivity index (χ3v) is 5.59. The molecule has 0 N–H and O–H groups in total. The zero-order valence-corrected chi connectivity index (χ0v) is 16.4. The molecule has 2 aromatic heterocycles. The standard InChI is InChI=1S/C22H24F2N4O/c1-2-27-15-16(17-5-4-9-25-21(17)27)8-10-26-11-13-28(14-12-26)22(29)20-18(23)6-3-7-19(20)24/h3-7,9,15H,2,8,10-14H2,1H3. The minimum atomic E-state index is -0.807. The van der Waals surface area contributed by atoms with E-state index in [2.05, 4.69) is 33.6 Å². The second-order valence-corrected chi connectivity index (χ2v) is 7.30. The third kappa shape index (κ3) is 3.87. The summed E-state index contributed by atoms with van der Waals surface area (Å²) in [6.45, 7) is 6.15. The largest absolute Gasteiger partial charge is 0.336 e. The Labute approximate surface area is 168 Å². The van der Waals surface area contributed by atoms with Crippen LogP contribution in [0.2, 0.25) is 0 Å². The molecule has 1 aromatic carbocycles. The zero-order chi connectivity index (χ0) is 20.4. The fourth-order valence-electron chi connectivity index (χ4n) is 3.95. The smallest absolute Gasteiger partial charge is 0.259 e. The van der Waals surface area contributed by atoms with E-state index >= 15 is 0 Å². The number of carbonyl (C=O) groups excluding carboxylic acids is 1. The van der Waals surface area contributed by atoms with Gasteiger partial charge in [-0.25, -0.2) is 13.8 Å². The highest BCUT2D eigenvalue weighted by Gasteiger charge is 2.26. The second-order valence-electron chi connectivity index (χ2n) is 7.30. The van der Waals surface area contributed by atoms with Crippen LogP contribution in [0.4, 0.5) is 8.78 Å². The minimum absolute atomic E-state index is 0.458. The highest BCUT2D eigenvalue weighted by atomic mass is 19.1. The SMILES string of the molecule is CCn1cc(CCN2CCN(C(=O)c3c(F)cccc3F)CC2)c2cccnc21. The molecule has 4 rings (SSSR count). The molecular weight excluding hydrogens is 374 g/mol. The number of piperazine rings is 1. The van der Waals surface area contributed by atoms with Gasteiger partial charge in [0.25, 0.3) is 5.91 Å². The Morgan fingerprint density at radius 3 is 2.48 bits per heavy atom. The highest BCUT2D eigenvalue weighted by Crippen LogP contribution is 2.21. The van der Waals surface area contributed by atoms with Crippen molar-refractivity contribution in [3.63, 3.8) is 0 Å². The average molecular weight is 398 g/mol. The average Bonchev–Trinajstić information content (AvgIpc) is 3.10. The van der Waals surface area contributed by atoms with Crippen LogP contribution in [-0.2, 0) is 13.0 Å². The van der Waals surface area contributed by atoms with Gasteiger partial charge in [0.1, 0.15) is 22.8 Å².